The zero-order valence-corrected chi connectivity index (χ0v) is 7.79. The Morgan fingerprint density at radius 1 is 1.31 bits per heavy atom. The van der Waals surface area contributed by atoms with E-state index in [-0.39, 0.29) is 0 Å². The highest BCUT2D eigenvalue weighted by Crippen LogP contribution is 2.20. The van der Waals surface area contributed by atoms with Crippen molar-refractivity contribution < 1.29 is 0 Å². The average molecular weight is 191 g/mol. The van der Waals surface area contributed by atoms with Gasteiger partial charge in [-0.15, -0.1) is 0 Å². The van der Waals surface area contributed by atoms with Crippen LogP contribution in [0.15, 0.2) is 30.6 Å². The monoisotopic (exact) mass is 191 g/mol. The van der Waals surface area contributed by atoms with Crippen molar-refractivity contribution in [1.29, 1.82) is 0 Å². The first-order valence-corrected chi connectivity index (χ1v) is 4.73. The maximum absolute atomic E-state index is 5.50. The van der Waals surface area contributed by atoms with Gasteiger partial charge in [-0.05, 0) is 29.7 Å². The first-order valence-electron chi connectivity index (χ1n) is 3.96. The molecule has 2 aromatic rings. The van der Waals surface area contributed by atoms with E-state index < -0.39 is 0 Å². The zero-order chi connectivity index (χ0) is 9.10. The second-order valence-electron chi connectivity index (χ2n) is 2.62. The minimum absolute atomic E-state index is 0.558. The van der Waals surface area contributed by atoms with Gasteiger partial charge in [0.05, 0.1) is 5.69 Å². The minimum Gasteiger partial charge on any atom is -0.326 e. The highest BCUT2D eigenvalue weighted by molar-refractivity contribution is 7.06. The molecular formula is C9H9N3S. The third-order valence-corrected chi connectivity index (χ3v) is 2.54. The highest BCUT2D eigenvalue weighted by atomic mass is 32.1. The summed E-state index contributed by atoms with van der Waals surface area (Å²) in [5, 5.41) is 0. The van der Waals surface area contributed by atoms with Gasteiger partial charge in [0.1, 0.15) is 0 Å². The molecule has 0 saturated carbocycles. The van der Waals surface area contributed by atoms with Crippen LogP contribution in [0.4, 0.5) is 0 Å². The molecule has 0 aliphatic rings. The summed E-state index contributed by atoms with van der Waals surface area (Å²) in [4.78, 5) is 5.05. The molecule has 2 N–H and O–H groups in total. The summed E-state index contributed by atoms with van der Waals surface area (Å²) in [7, 11) is 0. The number of rotatable bonds is 2. The molecule has 0 atom stereocenters. The molecule has 0 unspecified atom stereocenters. The third-order valence-electron chi connectivity index (χ3n) is 1.74. The van der Waals surface area contributed by atoms with Crippen LogP contribution in [0.3, 0.4) is 0 Å². The standard InChI is InChI=1S/C9H9N3S/c10-6-8-5-9(12-13-8)7-1-3-11-4-2-7/h1-5H,6,10H2. The van der Waals surface area contributed by atoms with Crippen LogP contribution < -0.4 is 5.73 Å². The summed E-state index contributed by atoms with van der Waals surface area (Å²) >= 11 is 1.45. The fourth-order valence-electron chi connectivity index (χ4n) is 1.07. The van der Waals surface area contributed by atoms with Gasteiger partial charge in [-0.25, -0.2) is 0 Å². The lowest BCUT2D eigenvalue weighted by Gasteiger charge is -1.92. The van der Waals surface area contributed by atoms with E-state index >= 15 is 0 Å². The van der Waals surface area contributed by atoms with E-state index in [0.717, 1.165) is 16.1 Å². The number of nitrogens with two attached hydrogens (primary N) is 1. The molecule has 0 aliphatic heterocycles. The van der Waals surface area contributed by atoms with Crippen molar-refractivity contribution in [3.8, 4) is 11.3 Å². The number of nitrogens with zero attached hydrogens (tertiary/aromatic N) is 2. The predicted octanol–water partition coefficient (Wildman–Crippen LogP) is 1.66. The molecule has 66 valence electrons. The van der Waals surface area contributed by atoms with E-state index in [1.54, 1.807) is 12.4 Å². The van der Waals surface area contributed by atoms with Crippen molar-refractivity contribution in [3.63, 3.8) is 0 Å². The fraction of sp³-hybridized carbons (Fsp3) is 0.111. The van der Waals surface area contributed by atoms with Gasteiger partial charge in [0.15, 0.2) is 0 Å². The molecule has 0 bridgehead atoms. The summed E-state index contributed by atoms with van der Waals surface area (Å²) in [5.74, 6) is 0. The van der Waals surface area contributed by atoms with Crippen molar-refractivity contribution in [1.82, 2.24) is 9.36 Å². The van der Waals surface area contributed by atoms with E-state index in [0.29, 0.717) is 6.54 Å². The lowest BCUT2D eigenvalue weighted by molar-refractivity contribution is 1.11. The Labute approximate surface area is 80.4 Å². The fourth-order valence-corrected chi connectivity index (χ4v) is 1.68. The molecule has 0 aliphatic carbocycles. The maximum Gasteiger partial charge on any atom is 0.0845 e. The molecule has 4 heteroatoms. The first kappa shape index (κ1) is 8.34. The quantitative estimate of drug-likeness (QED) is 0.785. The van der Waals surface area contributed by atoms with Gasteiger partial charge in [-0.3, -0.25) is 4.98 Å². The second-order valence-corrected chi connectivity index (χ2v) is 3.51. The normalized spacial score (nSPS) is 10.2. The van der Waals surface area contributed by atoms with Crippen LogP contribution in [0.25, 0.3) is 11.3 Å². The SMILES string of the molecule is NCc1cc(-c2ccncc2)ns1. The lowest BCUT2D eigenvalue weighted by atomic mass is 10.2. The van der Waals surface area contributed by atoms with Crippen LogP contribution in [0.2, 0.25) is 0 Å². The molecule has 2 rings (SSSR count). The first-order chi connectivity index (χ1) is 6.40. The van der Waals surface area contributed by atoms with Gasteiger partial charge in [0.25, 0.3) is 0 Å². The molecule has 0 fully saturated rings. The molecule has 0 saturated heterocycles. The zero-order valence-electron chi connectivity index (χ0n) is 6.97. The van der Waals surface area contributed by atoms with Crippen LogP contribution in [-0.2, 0) is 6.54 Å². The van der Waals surface area contributed by atoms with Crippen molar-refractivity contribution in [2.24, 2.45) is 5.73 Å². The number of hydrogen-bond donors (Lipinski definition) is 1. The Kier molecular flexibility index (Phi) is 2.33. The number of aromatic nitrogens is 2. The molecule has 2 aromatic heterocycles. The Hall–Kier alpha value is -1.26. The minimum atomic E-state index is 0.558. The second kappa shape index (κ2) is 3.64. The number of pyridine rings is 1. The van der Waals surface area contributed by atoms with Crippen molar-refractivity contribution >= 4 is 11.5 Å². The van der Waals surface area contributed by atoms with E-state index in [2.05, 4.69) is 9.36 Å². The third kappa shape index (κ3) is 1.74. The Morgan fingerprint density at radius 2 is 2.08 bits per heavy atom. The van der Waals surface area contributed by atoms with Gasteiger partial charge in [-0.1, -0.05) is 0 Å². The van der Waals surface area contributed by atoms with Crippen molar-refractivity contribution in [2.75, 3.05) is 0 Å². The molecule has 0 spiro atoms. The van der Waals surface area contributed by atoms with Crippen LogP contribution in [-0.4, -0.2) is 9.36 Å². The highest BCUT2D eigenvalue weighted by Gasteiger charge is 2.01. The van der Waals surface area contributed by atoms with Gasteiger partial charge >= 0.3 is 0 Å². The maximum atomic E-state index is 5.50. The van der Waals surface area contributed by atoms with Gasteiger partial charge in [0.2, 0.25) is 0 Å². The molecule has 0 aromatic carbocycles. The van der Waals surface area contributed by atoms with E-state index in [4.69, 9.17) is 5.73 Å². The van der Waals surface area contributed by atoms with Crippen molar-refractivity contribution in [2.45, 2.75) is 6.54 Å². The van der Waals surface area contributed by atoms with E-state index in [1.165, 1.54) is 11.5 Å². The summed E-state index contributed by atoms with van der Waals surface area (Å²) < 4.78 is 4.29. The molecular weight excluding hydrogens is 182 g/mol. The molecule has 0 amide bonds. The molecule has 3 nitrogen and oxygen atoms in total. The van der Waals surface area contributed by atoms with Crippen LogP contribution in [0.1, 0.15) is 4.88 Å². The topological polar surface area (TPSA) is 51.8 Å². The summed E-state index contributed by atoms with van der Waals surface area (Å²) in [6.07, 6.45) is 3.52. The lowest BCUT2D eigenvalue weighted by Crippen LogP contribution is -1.91. The molecule has 13 heavy (non-hydrogen) atoms. The average Bonchev–Trinajstić information content (AvgIpc) is 2.67. The Morgan fingerprint density at radius 3 is 2.69 bits per heavy atom. The van der Waals surface area contributed by atoms with Gasteiger partial charge < -0.3 is 5.73 Å². The smallest absolute Gasteiger partial charge is 0.0845 e. The van der Waals surface area contributed by atoms with Crippen LogP contribution >= 0.6 is 11.5 Å². The molecule has 0 radical (unpaired) electrons. The number of hydrogen-bond acceptors (Lipinski definition) is 4. The van der Waals surface area contributed by atoms with Gasteiger partial charge in [0, 0.05) is 29.4 Å². The van der Waals surface area contributed by atoms with Crippen molar-refractivity contribution in [3.05, 3.63) is 35.5 Å². The van der Waals surface area contributed by atoms with Crippen LogP contribution in [0, 0.1) is 0 Å². The summed E-state index contributed by atoms with van der Waals surface area (Å²) in [6.45, 7) is 0.558. The molecule has 2 heterocycles. The van der Waals surface area contributed by atoms with E-state index in [1.807, 2.05) is 18.2 Å². The van der Waals surface area contributed by atoms with E-state index in [9.17, 15) is 0 Å². The van der Waals surface area contributed by atoms with Crippen LogP contribution in [0.5, 0.6) is 0 Å². The Balaban J connectivity index is 2.36. The predicted molar refractivity (Wildman–Crippen MR) is 53.2 cm³/mol. The Bertz CT molecular complexity index is 383. The largest absolute Gasteiger partial charge is 0.326 e. The summed E-state index contributed by atoms with van der Waals surface area (Å²) in [5.41, 5.74) is 7.57. The summed E-state index contributed by atoms with van der Waals surface area (Å²) in [6, 6.07) is 5.89. The van der Waals surface area contributed by atoms with Gasteiger partial charge in [-0.2, -0.15) is 4.37 Å².